The van der Waals surface area contributed by atoms with Crippen LogP contribution in [-0.4, -0.2) is 82.7 Å². The Kier molecular flexibility index (Phi) is 9.82. The number of carbonyl (C=O) groups excluding carboxylic acids is 1. The summed E-state index contributed by atoms with van der Waals surface area (Å²) in [7, 11) is 2.12. The summed E-state index contributed by atoms with van der Waals surface area (Å²) in [5, 5.41) is 21.4. The fourth-order valence-electron chi connectivity index (χ4n) is 4.64. The Bertz CT molecular complexity index is 775. The van der Waals surface area contributed by atoms with Gasteiger partial charge in [0.05, 0.1) is 28.9 Å². The number of alkyl halides is 2. The summed E-state index contributed by atoms with van der Waals surface area (Å²) in [5.74, 6) is -2.00. The molecule has 0 aromatic heterocycles. The summed E-state index contributed by atoms with van der Waals surface area (Å²) < 4.78 is 5.97. The zero-order valence-corrected chi connectivity index (χ0v) is 20.4. The van der Waals surface area contributed by atoms with E-state index in [1.807, 2.05) is 18.2 Å². The van der Waals surface area contributed by atoms with E-state index in [-0.39, 0.29) is 12.8 Å². The zero-order chi connectivity index (χ0) is 24.0. The lowest BCUT2D eigenvalue weighted by atomic mass is 9.83. The van der Waals surface area contributed by atoms with Crippen LogP contribution in [0, 0.1) is 11.8 Å². The van der Waals surface area contributed by atoms with Gasteiger partial charge in [-0.3, -0.25) is 4.79 Å². The van der Waals surface area contributed by atoms with E-state index in [9.17, 15) is 19.8 Å². The van der Waals surface area contributed by atoms with Gasteiger partial charge < -0.3 is 25.2 Å². The van der Waals surface area contributed by atoms with Gasteiger partial charge in [-0.2, -0.15) is 0 Å². The lowest BCUT2D eigenvalue weighted by molar-refractivity contribution is -0.144. The standard InChI is InChI=1S/C24H34Cl2N2O5/c1-28-10-7-15(8-11-28)9-12-33-22-18(25)14-17(21(29)20(22)26)23(30)27-19(24(31)32)13-16-5-3-2-4-6-16/h2-6,15,17-22,29H,7-14H2,1H3,(H,27,30)(H,31,32)/t17?,18?,19-,20?,21?,22?/m0/s1. The van der Waals surface area contributed by atoms with Crippen molar-refractivity contribution >= 4 is 35.1 Å². The highest BCUT2D eigenvalue weighted by Crippen LogP contribution is 2.35. The Morgan fingerprint density at radius 1 is 1.21 bits per heavy atom. The van der Waals surface area contributed by atoms with E-state index in [2.05, 4.69) is 17.3 Å². The van der Waals surface area contributed by atoms with Crippen LogP contribution in [0.3, 0.4) is 0 Å². The highest BCUT2D eigenvalue weighted by molar-refractivity contribution is 6.25. The predicted octanol–water partition coefficient (Wildman–Crippen LogP) is 2.51. The molecule has 2 fully saturated rings. The molecule has 1 heterocycles. The van der Waals surface area contributed by atoms with Crippen molar-refractivity contribution < 1.29 is 24.5 Å². The van der Waals surface area contributed by atoms with Crippen LogP contribution in [0.4, 0.5) is 0 Å². The summed E-state index contributed by atoms with van der Waals surface area (Å²) >= 11 is 13.0. The number of aliphatic hydroxyl groups excluding tert-OH is 1. The summed E-state index contributed by atoms with van der Waals surface area (Å²) in [6.07, 6.45) is 1.74. The van der Waals surface area contributed by atoms with Gasteiger partial charge in [0, 0.05) is 13.0 Å². The minimum absolute atomic E-state index is 0.141. The van der Waals surface area contributed by atoms with Gasteiger partial charge in [0.2, 0.25) is 5.91 Å². The molecule has 0 radical (unpaired) electrons. The number of carbonyl (C=O) groups is 2. The molecule has 0 bridgehead atoms. The first-order valence-corrected chi connectivity index (χ1v) is 12.5. The maximum atomic E-state index is 12.9. The largest absolute Gasteiger partial charge is 0.480 e. The van der Waals surface area contributed by atoms with E-state index < -0.39 is 46.8 Å². The van der Waals surface area contributed by atoms with Crippen molar-refractivity contribution in [1.82, 2.24) is 10.2 Å². The minimum atomic E-state index is -1.18. The van der Waals surface area contributed by atoms with Gasteiger partial charge in [0.25, 0.3) is 0 Å². The third-order valence-corrected chi connectivity index (χ3v) is 7.73. The third kappa shape index (κ3) is 7.30. The molecule has 6 atom stereocenters. The molecule has 1 aliphatic carbocycles. The fraction of sp³-hybridized carbons (Fsp3) is 0.667. The number of benzene rings is 1. The second-order valence-electron chi connectivity index (χ2n) is 9.25. The monoisotopic (exact) mass is 500 g/mol. The summed E-state index contributed by atoms with van der Waals surface area (Å²) in [6, 6.07) is 7.94. The van der Waals surface area contributed by atoms with Crippen LogP contribution >= 0.6 is 23.2 Å². The number of halogens is 2. The quantitative estimate of drug-likeness (QED) is 0.450. The minimum Gasteiger partial charge on any atom is -0.480 e. The van der Waals surface area contributed by atoms with E-state index in [0.717, 1.165) is 37.9 Å². The van der Waals surface area contributed by atoms with E-state index in [1.54, 1.807) is 12.1 Å². The number of carboxylic acids is 1. The molecule has 1 saturated heterocycles. The van der Waals surface area contributed by atoms with Gasteiger partial charge in [-0.05, 0) is 57.3 Å². The number of nitrogens with zero attached hydrogens (tertiary/aromatic N) is 1. The van der Waals surface area contributed by atoms with Crippen molar-refractivity contribution in [3.8, 4) is 0 Å². The number of hydrogen-bond donors (Lipinski definition) is 3. The summed E-state index contributed by atoms with van der Waals surface area (Å²) in [5.41, 5.74) is 0.790. The number of piperidine rings is 1. The molecule has 1 aliphatic heterocycles. The molecule has 3 rings (SSSR count). The number of aliphatic carboxylic acids is 1. The average molecular weight is 501 g/mol. The first-order valence-electron chi connectivity index (χ1n) is 11.6. The molecule has 1 amide bonds. The van der Waals surface area contributed by atoms with Gasteiger partial charge in [-0.15, -0.1) is 23.2 Å². The Morgan fingerprint density at radius 3 is 2.52 bits per heavy atom. The van der Waals surface area contributed by atoms with Crippen LogP contribution in [0.5, 0.6) is 0 Å². The number of hydrogen-bond acceptors (Lipinski definition) is 5. The van der Waals surface area contributed by atoms with Crippen molar-refractivity contribution in [2.45, 2.75) is 61.1 Å². The van der Waals surface area contributed by atoms with Crippen molar-refractivity contribution in [3.63, 3.8) is 0 Å². The summed E-state index contributed by atoms with van der Waals surface area (Å²) in [6.45, 7) is 2.68. The smallest absolute Gasteiger partial charge is 0.326 e. The molecule has 9 heteroatoms. The Balaban J connectivity index is 1.52. The number of aliphatic hydroxyl groups is 1. The molecule has 2 aliphatic rings. The topological polar surface area (TPSA) is 99.1 Å². The van der Waals surface area contributed by atoms with Crippen molar-refractivity contribution in [2.75, 3.05) is 26.7 Å². The number of ether oxygens (including phenoxy) is 1. The van der Waals surface area contributed by atoms with Crippen molar-refractivity contribution in [3.05, 3.63) is 35.9 Å². The third-order valence-electron chi connectivity index (χ3n) is 6.80. The molecule has 5 unspecified atom stereocenters. The van der Waals surface area contributed by atoms with Crippen LogP contribution in [0.1, 0.15) is 31.2 Å². The van der Waals surface area contributed by atoms with E-state index in [0.29, 0.717) is 12.5 Å². The lowest BCUT2D eigenvalue weighted by Crippen LogP contribution is -2.56. The fourth-order valence-corrected chi connectivity index (χ4v) is 5.56. The number of carboxylic acid groups (broad SMARTS) is 1. The predicted molar refractivity (Wildman–Crippen MR) is 128 cm³/mol. The molecule has 33 heavy (non-hydrogen) atoms. The van der Waals surface area contributed by atoms with E-state index in [4.69, 9.17) is 27.9 Å². The summed E-state index contributed by atoms with van der Waals surface area (Å²) in [4.78, 5) is 26.9. The first-order chi connectivity index (χ1) is 15.8. The van der Waals surface area contributed by atoms with Gasteiger partial charge in [0.1, 0.15) is 6.04 Å². The lowest BCUT2D eigenvalue weighted by Gasteiger charge is -2.40. The van der Waals surface area contributed by atoms with E-state index in [1.165, 1.54) is 0 Å². The van der Waals surface area contributed by atoms with Crippen molar-refractivity contribution in [1.29, 1.82) is 0 Å². The maximum absolute atomic E-state index is 12.9. The number of amides is 1. The second kappa shape index (κ2) is 12.4. The number of rotatable bonds is 9. The van der Waals surface area contributed by atoms with Gasteiger partial charge in [0.15, 0.2) is 0 Å². The first kappa shape index (κ1) is 26.2. The van der Waals surface area contributed by atoms with Crippen LogP contribution in [0.15, 0.2) is 30.3 Å². The Morgan fingerprint density at radius 2 is 1.88 bits per heavy atom. The average Bonchev–Trinajstić information content (AvgIpc) is 2.79. The molecule has 7 nitrogen and oxygen atoms in total. The van der Waals surface area contributed by atoms with Gasteiger partial charge in [-0.1, -0.05) is 30.3 Å². The van der Waals surface area contributed by atoms with Crippen LogP contribution in [0.25, 0.3) is 0 Å². The molecular formula is C24H34Cl2N2O5. The highest BCUT2D eigenvalue weighted by Gasteiger charge is 2.46. The zero-order valence-electron chi connectivity index (χ0n) is 18.9. The Labute approximate surface area is 205 Å². The van der Waals surface area contributed by atoms with Crippen molar-refractivity contribution in [2.24, 2.45) is 11.8 Å². The van der Waals surface area contributed by atoms with Crippen LogP contribution in [-0.2, 0) is 20.7 Å². The molecule has 184 valence electrons. The molecule has 1 aromatic rings. The number of nitrogens with one attached hydrogen (secondary N) is 1. The second-order valence-corrected chi connectivity index (χ2v) is 10.3. The molecule has 1 saturated carbocycles. The maximum Gasteiger partial charge on any atom is 0.326 e. The molecule has 3 N–H and O–H groups in total. The molecule has 1 aromatic carbocycles. The SMILES string of the molecule is CN1CCC(CCOC2C(Cl)CC(C(=O)N[C@@H](Cc3ccccc3)C(=O)O)C(O)C2Cl)CC1. The molecular weight excluding hydrogens is 467 g/mol. The van der Waals surface area contributed by atoms with Crippen LogP contribution < -0.4 is 5.32 Å². The molecule has 0 spiro atoms. The number of likely N-dealkylation sites (tertiary alicyclic amines) is 1. The van der Waals surface area contributed by atoms with E-state index >= 15 is 0 Å². The van der Waals surface area contributed by atoms with Gasteiger partial charge >= 0.3 is 5.97 Å². The van der Waals surface area contributed by atoms with Crippen LogP contribution in [0.2, 0.25) is 0 Å². The highest BCUT2D eigenvalue weighted by atomic mass is 35.5. The Hall–Kier alpha value is -1.38. The normalized spacial score (nSPS) is 30.0. The van der Waals surface area contributed by atoms with Gasteiger partial charge in [-0.25, -0.2) is 4.79 Å².